The third-order valence-corrected chi connectivity index (χ3v) is 5.09. The van der Waals surface area contributed by atoms with Crippen molar-refractivity contribution in [3.05, 3.63) is 0 Å². The summed E-state index contributed by atoms with van der Waals surface area (Å²) in [4.78, 5) is 0. The van der Waals surface area contributed by atoms with Crippen LogP contribution < -0.4 is 0 Å². The van der Waals surface area contributed by atoms with E-state index in [-0.39, 0.29) is 0 Å². The van der Waals surface area contributed by atoms with Crippen LogP contribution in [0, 0.1) is 0 Å². The molecule has 0 rings (SSSR count). The number of ether oxygens (including phenoxy) is 4. The molecule has 0 N–H and O–H groups in total. The van der Waals surface area contributed by atoms with Gasteiger partial charge in [0.05, 0.1) is 39.6 Å². The zero-order valence-corrected chi connectivity index (χ0v) is 13.2. The molecule has 0 aromatic carbocycles. The number of rotatable bonds is 13. The molecule has 0 heterocycles. The van der Waals surface area contributed by atoms with Crippen molar-refractivity contribution in [1.29, 1.82) is 0 Å². The second-order valence-corrected chi connectivity index (χ2v) is 8.97. The van der Waals surface area contributed by atoms with E-state index in [0.717, 1.165) is 12.7 Å². The van der Waals surface area contributed by atoms with Gasteiger partial charge in [0, 0.05) is 20.8 Å². The van der Waals surface area contributed by atoms with Crippen molar-refractivity contribution in [1.82, 2.24) is 0 Å². The topological polar surface area (TPSA) is 46.2 Å². The standard InChI is InChI=1S/C12H28O5Si/c1-13-5-6-15-7-8-16-9-10-17-11-12-18(3,4)14-2/h5-12H2,1-4H3. The molecule has 6 heteroatoms. The van der Waals surface area contributed by atoms with E-state index < -0.39 is 8.32 Å². The first kappa shape index (κ1) is 18.0. The molecule has 110 valence electrons. The van der Waals surface area contributed by atoms with Gasteiger partial charge in [0.1, 0.15) is 0 Å². The molecule has 0 aliphatic heterocycles. The van der Waals surface area contributed by atoms with Gasteiger partial charge in [-0.1, -0.05) is 0 Å². The fourth-order valence-electron chi connectivity index (χ4n) is 1.10. The Labute approximate surface area is 112 Å². The minimum Gasteiger partial charge on any atom is -0.420 e. The summed E-state index contributed by atoms with van der Waals surface area (Å²) in [7, 11) is 1.97. The van der Waals surface area contributed by atoms with Crippen LogP contribution in [-0.4, -0.2) is 68.8 Å². The predicted octanol–water partition coefficient (Wildman–Crippen LogP) is 1.53. The summed E-state index contributed by atoms with van der Waals surface area (Å²) in [6.07, 6.45) is 0. The highest BCUT2D eigenvalue weighted by Gasteiger charge is 2.19. The highest BCUT2D eigenvalue weighted by Crippen LogP contribution is 2.08. The molecule has 0 unspecified atom stereocenters. The molecule has 0 atom stereocenters. The zero-order valence-electron chi connectivity index (χ0n) is 12.2. The van der Waals surface area contributed by atoms with Gasteiger partial charge in [-0.15, -0.1) is 0 Å². The molecule has 0 radical (unpaired) electrons. The fourth-order valence-corrected chi connectivity index (χ4v) is 1.94. The molecule has 0 bridgehead atoms. The summed E-state index contributed by atoms with van der Waals surface area (Å²) < 4.78 is 26.4. The molecule has 5 nitrogen and oxygen atoms in total. The lowest BCUT2D eigenvalue weighted by molar-refractivity contribution is 0.00506. The van der Waals surface area contributed by atoms with Crippen molar-refractivity contribution in [2.24, 2.45) is 0 Å². The van der Waals surface area contributed by atoms with Crippen molar-refractivity contribution in [2.75, 3.05) is 60.5 Å². The van der Waals surface area contributed by atoms with E-state index in [1.165, 1.54) is 0 Å². The Hall–Kier alpha value is 0.0169. The summed E-state index contributed by atoms with van der Waals surface area (Å²) in [6, 6.07) is 1.02. The smallest absolute Gasteiger partial charge is 0.188 e. The van der Waals surface area contributed by atoms with Crippen LogP contribution in [-0.2, 0) is 23.4 Å². The van der Waals surface area contributed by atoms with Gasteiger partial charge in [0.2, 0.25) is 0 Å². The van der Waals surface area contributed by atoms with Crippen LogP contribution in [0.4, 0.5) is 0 Å². The van der Waals surface area contributed by atoms with E-state index in [0.29, 0.717) is 39.6 Å². The third-order valence-electron chi connectivity index (χ3n) is 2.58. The summed E-state index contributed by atoms with van der Waals surface area (Å²) in [5, 5.41) is 0. The second-order valence-electron chi connectivity index (χ2n) is 4.54. The van der Waals surface area contributed by atoms with Crippen LogP contribution >= 0.6 is 0 Å². The van der Waals surface area contributed by atoms with Crippen LogP contribution in [0.1, 0.15) is 0 Å². The van der Waals surface area contributed by atoms with Gasteiger partial charge in [-0.3, -0.25) is 0 Å². The van der Waals surface area contributed by atoms with Crippen molar-refractivity contribution < 1.29 is 23.4 Å². The molecule has 0 spiro atoms. The van der Waals surface area contributed by atoms with E-state index in [4.69, 9.17) is 23.4 Å². The zero-order chi connectivity index (χ0) is 13.7. The van der Waals surface area contributed by atoms with E-state index in [1.807, 2.05) is 0 Å². The number of hydrogen-bond acceptors (Lipinski definition) is 5. The molecule has 0 aromatic heterocycles. The Kier molecular flexibility index (Phi) is 12.1. The lowest BCUT2D eigenvalue weighted by Gasteiger charge is -2.19. The van der Waals surface area contributed by atoms with Crippen molar-refractivity contribution in [2.45, 2.75) is 19.1 Å². The van der Waals surface area contributed by atoms with Crippen LogP contribution in [0.15, 0.2) is 0 Å². The van der Waals surface area contributed by atoms with Gasteiger partial charge in [0.25, 0.3) is 0 Å². The minimum absolute atomic E-state index is 0.603. The molecule has 0 fully saturated rings. The first-order chi connectivity index (χ1) is 8.62. The largest absolute Gasteiger partial charge is 0.420 e. The van der Waals surface area contributed by atoms with Crippen LogP contribution in [0.5, 0.6) is 0 Å². The molecule has 0 aliphatic rings. The van der Waals surface area contributed by atoms with Gasteiger partial charge in [-0.2, -0.15) is 0 Å². The minimum atomic E-state index is -1.47. The Morgan fingerprint density at radius 1 is 0.667 bits per heavy atom. The Morgan fingerprint density at radius 3 is 1.56 bits per heavy atom. The molecular formula is C12H28O5Si. The lowest BCUT2D eigenvalue weighted by Crippen LogP contribution is -2.30. The number of methoxy groups -OCH3 is 1. The van der Waals surface area contributed by atoms with E-state index in [2.05, 4.69) is 13.1 Å². The quantitative estimate of drug-likeness (QED) is 0.378. The van der Waals surface area contributed by atoms with Gasteiger partial charge in [-0.25, -0.2) is 0 Å². The average Bonchev–Trinajstić information content (AvgIpc) is 2.36. The van der Waals surface area contributed by atoms with Crippen molar-refractivity contribution in [3.63, 3.8) is 0 Å². The first-order valence-corrected chi connectivity index (χ1v) is 9.51. The van der Waals surface area contributed by atoms with Crippen LogP contribution in [0.3, 0.4) is 0 Å². The molecule has 0 amide bonds. The highest BCUT2D eigenvalue weighted by atomic mass is 28.4. The molecule has 0 aromatic rings. The van der Waals surface area contributed by atoms with Gasteiger partial charge in [-0.05, 0) is 19.1 Å². The van der Waals surface area contributed by atoms with Crippen molar-refractivity contribution in [3.8, 4) is 0 Å². The maximum atomic E-state index is 5.49. The van der Waals surface area contributed by atoms with Crippen LogP contribution in [0.25, 0.3) is 0 Å². The molecule has 0 aliphatic carbocycles. The Balaban J connectivity index is 3.08. The maximum absolute atomic E-state index is 5.49. The van der Waals surface area contributed by atoms with Gasteiger partial charge in [0.15, 0.2) is 8.32 Å². The number of hydrogen-bond donors (Lipinski definition) is 0. The molecule has 0 saturated carbocycles. The predicted molar refractivity (Wildman–Crippen MR) is 73.6 cm³/mol. The van der Waals surface area contributed by atoms with E-state index >= 15 is 0 Å². The summed E-state index contributed by atoms with van der Waals surface area (Å²) in [6.45, 7) is 8.82. The van der Waals surface area contributed by atoms with Gasteiger partial charge < -0.3 is 23.4 Å². The van der Waals surface area contributed by atoms with Gasteiger partial charge >= 0.3 is 0 Å². The summed E-state index contributed by atoms with van der Waals surface area (Å²) in [5.41, 5.74) is 0. The molecule has 0 saturated heterocycles. The monoisotopic (exact) mass is 280 g/mol. The highest BCUT2D eigenvalue weighted by molar-refractivity contribution is 6.71. The fraction of sp³-hybridized carbons (Fsp3) is 1.00. The second kappa shape index (κ2) is 12.1. The Bertz CT molecular complexity index is 178. The lowest BCUT2D eigenvalue weighted by atomic mass is 10.7. The molecule has 18 heavy (non-hydrogen) atoms. The van der Waals surface area contributed by atoms with Crippen molar-refractivity contribution >= 4 is 8.32 Å². The van der Waals surface area contributed by atoms with E-state index in [1.54, 1.807) is 14.2 Å². The first-order valence-electron chi connectivity index (χ1n) is 6.39. The van der Waals surface area contributed by atoms with E-state index in [9.17, 15) is 0 Å². The molecular weight excluding hydrogens is 252 g/mol. The summed E-state index contributed by atoms with van der Waals surface area (Å²) >= 11 is 0. The normalized spacial score (nSPS) is 12.0. The SMILES string of the molecule is COCCOCCOCCOCC[Si](C)(C)OC. The Morgan fingerprint density at radius 2 is 1.11 bits per heavy atom. The van der Waals surface area contributed by atoms with Crippen LogP contribution in [0.2, 0.25) is 19.1 Å². The third kappa shape index (κ3) is 12.5. The average molecular weight is 280 g/mol. The summed E-state index contributed by atoms with van der Waals surface area (Å²) in [5.74, 6) is 0. The maximum Gasteiger partial charge on any atom is 0.188 e.